The van der Waals surface area contributed by atoms with Gasteiger partial charge in [-0.05, 0) is 12.8 Å². The number of rotatable bonds is 4. The molecule has 4 rings (SSSR count). The first-order valence-electron chi connectivity index (χ1n) is 6.81. The molecular formula is C12H14N6O2S. The molecular weight excluding hydrogens is 292 g/mol. The molecule has 2 amide bonds. The van der Waals surface area contributed by atoms with Crippen molar-refractivity contribution in [2.24, 2.45) is 0 Å². The molecule has 0 aromatic carbocycles. The van der Waals surface area contributed by atoms with Crippen LogP contribution in [0.5, 0.6) is 0 Å². The summed E-state index contributed by atoms with van der Waals surface area (Å²) in [5, 5.41) is 10.2. The van der Waals surface area contributed by atoms with E-state index in [1.807, 2.05) is 0 Å². The lowest BCUT2D eigenvalue weighted by atomic mass is 10.3. The highest BCUT2D eigenvalue weighted by molar-refractivity contribution is 7.09. The first-order valence-corrected chi connectivity index (χ1v) is 7.59. The molecule has 2 aromatic rings. The van der Waals surface area contributed by atoms with Gasteiger partial charge in [0.1, 0.15) is 5.82 Å². The number of carbonyl (C=O) groups is 1. The normalized spacial score (nSPS) is 18.3. The first kappa shape index (κ1) is 12.7. The maximum absolute atomic E-state index is 11.9. The van der Waals surface area contributed by atoms with Gasteiger partial charge in [-0.2, -0.15) is 9.47 Å². The number of amides is 2. The molecule has 1 saturated heterocycles. The summed E-state index contributed by atoms with van der Waals surface area (Å²) < 4.78 is 11.2. The summed E-state index contributed by atoms with van der Waals surface area (Å²) in [4.78, 5) is 16.2. The van der Waals surface area contributed by atoms with Crippen LogP contribution in [0.3, 0.4) is 0 Å². The SMILES string of the molecule is O=C(Nc1cnn(C2COC2)c1)Nc1nc(C2CC2)ns1. The van der Waals surface area contributed by atoms with Gasteiger partial charge >= 0.3 is 6.03 Å². The second kappa shape index (κ2) is 5.08. The van der Waals surface area contributed by atoms with Crippen LogP contribution >= 0.6 is 11.5 Å². The van der Waals surface area contributed by atoms with Crippen LogP contribution in [0, 0.1) is 0 Å². The molecule has 0 unspecified atom stereocenters. The van der Waals surface area contributed by atoms with Crippen LogP contribution < -0.4 is 10.6 Å². The molecule has 8 nitrogen and oxygen atoms in total. The number of nitrogens with one attached hydrogen (secondary N) is 2. The largest absolute Gasteiger partial charge is 0.377 e. The van der Waals surface area contributed by atoms with Gasteiger partial charge in [0.25, 0.3) is 0 Å². The maximum atomic E-state index is 11.9. The highest BCUT2D eigenvalue weighted by Gasteiger charge is 2.28. The quantitative estimate of drug-likeness (QED) is 0.898. The summed E-state index contributed by atoms with van der Waals surface area (Å²) in [7, 11) is 0. The van der Waals surface area contributed by atoms with E-state index in [1.165, 1.54) is 11.5 Å². The van der Waals surface area contributed by atoms with E-state index in [4.69, 9.17) is 4.74 Å². The Morgan fingerprint density at radius 3 is 2.95 bits per heavy atom. The van der Waals surface area contributed by atoms with Crippen LogP contribution in [0.25, 0.3) is 0 Å². The van der Waals surface area contributed by atoms with E-state index < -0.39 is 0 Å². The zero-order chi connectivity index (χ0) is 14.2. The average Bonchev–Trinajstić information content (AvgIpc) is 2.99. The Hall–Kier alpha value is -2.00. The molecule has 2 N–H and O–H groups in total. The number of carbonyl (C=O) groups excluding carboxylic acids is 1. The second-order valence-electron chi connectivity index (χ2n) is 5.21. The van der Waals surface area contributed by atoms with Gasteiger partial charge in [0, 0.05) is 23.6 Å². The number of anilines is 2. The van der Waals surface area contributed by atoms with Crippen molar-refractivity contribution in [3.63, 3.8) is 0 Å². The monoisotopic (exact) mass is 306 g/mol. The van der Waals surface area contributed by atoms with Crippen molar-refractivity contribution in [2.75, 3.05) is 23.8 Å². The molecule has 0 radical (unpaired) electrons. The van der Waals surface area contributed by atoms with E-state index in [0.29, 0.717) is 30.0 Å². The Labute approximate surface area is 124 Å². The smallest absolute Gasteiger partial charge is 0.325 e. The van der Waals surface area contributed by atoms with Gasteiger partial charge < -0.3 is 10.1 Å². The van der Waals surface area contributed by atoms with Gasteiger partial charge in [-0.3, -0.25) is 10.00 Å². The summed E-state index contributed by atoms with van der Waals surface area (Å²) in [6.45, 7) is 1.34. The Bertz CT molecular complexity index is 660. The average molecular weight is 306 g/mol. The molecule has 0 bridgehead atoms. The van der Waals surface area contributed by atoms with Crippen molar-refractivity contribution in [1.82, 2.24) is 19.1 Å². The van der Waals surface area contributed by atoms with Crippen LogP contribution in [0.15, 0.2) is 12.4 Å². The van der Waals surface area contributed by atoms with Crippen LogP contribution in [0.4, 0.5) is 15.6 Å². The van der Waals surface area contributed by atoms with Crippen molar-refractivity contribution < 1.29 is 9.53 Å². The number of nitrogens with zero attached hydrogens (tertiary/aromatic N) is 4. The van der Waals surface area contributed by atoms with Crippen LogP contribution in [-0.2, 0) is 4.74 Å². The fourth-order valence-electron chi connectivity index (χ4n) is 2.03. The van der Waals surface area contributed by atoms with E-state index in [2.05, 4.69) is 25.1 Å². The predicted molar refractivity (Wildman–Crippen MR) is 76.6 cm³/mol. The third kappa shape index (κ3) is 2.74. The van der Waals surface area contributed by atoms with E-state index in [9.17, 15) is 4.79 Å². The fraction of sp³-hybridized carbons (Fsp3) is 0.500. The highest BCUT2D eigenvalue weighted by atomic mass is 32.1. The maximum Gasteiger partial charge on any atom is 0.325 e. The number of ether oxygens (including phenoxy) is 1. The van der Waals surface area contributed by atoms with E-state index >= 15 is 0 Å². The van der Waals surface area contributed by atoms with E-state index in [-0.39, 0.29) is 12.1 Å². The number of hydrogen-bond acceptors (Lipinski definition) is 6. The lowest BCUT2D eigenvalue weighted by molar-refractivity contribution is -0.0286. The van der Waals surface area contributed by atoms with Gasteiger partial charge in [0.2, 0.25) is 5.13 Å². The molecule has 1 aliphatic carbocycles. The van der Waals surface area contributed by atoms with Crippen molar-refractivity contribution in [1.29, 1.82) is 0 Å². The summed E-state index contributed by atoms with van der Waals surface area (Å²) in [6, 6.07) is -0.0641. The van der Waals surface area contributed by atoms with Gasteiger partial charge in [0.15, 0.2) is 0 Å². The van der Waals surface area contributed by atoms with Crippen LogP contribution in [0.1, 0.15) is 30.6 Å². The topological polar surface area (TPSA) is 94.0 Å². The third-order valence-electron chi connectivity index (χ3n) is 3.46. The van der Waals surface area contributed by atoms with Crippen molar-refractivity contribution >= 4 is 28.4 Å². The molecule has 110 valence electrons. The second-order valence-corrected chi connectivity index (χ2v) is 5.96. The van der Waals surface area contributed by atoms with Crippen LogP contribution in [0.2, 0.25) is 0 Å². The predicted octanol–water partition coefficient (Wildman–Crippen LogP) is 1.83. The Balaban J connectivity index is 1.34. The molecule has 1 aliphatic heterocycles. The minimum absolute atomic E-state index is 0.271. The number of hydrogen-bond donors (Lipinski definition) is 2. The Morgan fingerprint density at radius 1 is 1.38 bits per heavy atom. The summed E-state index contributed by atoms with van der Waals surface area (Å²) in [5.74, 6) is 1.33. The van der Waals surface area contributed by atoms with Gasteiger partial charge in [-0.25, -0.2) is 9.78 Å². The molecule has 21 heavy (non-hydrogen) atoms. The molecule has 2 aromatic heterocycles. The number of urea groups is 1. The number of aromatic nitrogens is 4. The molecule has 2 fully saturated rings. The molecule has 3 heterocycles. The lowest BCUT2D eigenvalue weighted by Gasteiger charge is -2.25. The van der Waals surface area contributed by atoms with Gasteiger partial charge in [-0.15, -0.1) is 0 Å². The molecule has 0 atom stereocenters. The third-order valence-corrected chi connectivity index (χ3v) is 4.10. The first-order chi connectivity index (χ1) is 10.3. The summed E-state index contributed by atoms with van der Waals surface area (Å²) in [6.07, 6.45) is 5.70. The van der Waals surface area contributed by atoms with E-state index in [1.54, 1.807) is 17.1 Å². The van der Waals surface area contributed by atoms with Crippen molar-refractivity contribution in [3.8, 4) is 0 Å². The Morgan fingerprint density at radius 2 is 2.24 bits per heavy atom. The van der Waals surface area contributed by atoms with E-state index in [0.717, 1.165) is 18.7 Å². The zero-order valence-corrected chi connectivity index (χ0v) is 12.0. The summed E-state index contributed by atoms with van der Waals surface area (Å²) >= 11 is 1.21. The molecule has 9 heteroatoms. The van der Waals surface area contributed by atoms with Crippen molar-refractivity contribution in [3.05, 3.63) is 18.2 Å². The summed E-state index contributed by atoms with van der Waals surface area (Å²) in [5.41, 5.74) is 0.645. The van der Waals surface area contributed by atoms with Gasteiger partial charge in [0.05, 0.1) is 31.1 Å². The molecule has 2 aliphatic rings. The highest BCUT2D eigenvalue weighted by Crippen LogP contribution is 2.39. The minimum Gasteiger partial charge on any atom is -0.377 e. The Kier molecular flexibility index (Phi) is 3.08. The standard InChI is InChI=1S/C12H14N6O2S/c19-11(16-12-15-10(17-21-12)7-1-2-7)14-8-3-13-18(4-8)9-5-20-6-9/h3-4,7,9H,1-2,5-6H2,(H2,14,15,16,17,19). The minimum atomic E-state index is -0.335. The van der Waals surface area contributed by atoms with Crippen LogP contribution in [-0.4, -0.2) is 38.4 Å². The van der Waals surface area contributed by atoms with Crippen molar-refractivity contribution in [2.45, 2.75) is 24.8 Å². The zero-order valence-electron chi connectivity index (χ0n) is 11.2. The molecule has 0 spiro atoms. The lowest BCUT2D eigenvalue weighted by Crippen LogP contribution is -2.30. The molecule has 1 saturated carbocycles. The fourth-order valence-corrected chi connectivity index (χ4v) is 2.67. The van der Waals surface area contributed by atoms with Gasteiger partial charge in [-0.1, -0.05) is 0 Å².